The van der Waals surface area contributed by atoms with Crippen LogP contribution in [-0.4, -0.2) is 21.9 Å². The SMILES string of the molecule is CO[C@@H](C)c1c(N)cnn1-c1cccnc1. The average molecular weight is 218 g/mol. The molecule has 2 rings (SSSR count). The number of pyridine rings is 1. The first-order chi connectivity index (χ1) is 7.74. The summed E-state index contributed by atoms with van der Waals surface area (Å²) in [5, 5.41) is 4.23. The number of nitrogen functional groups attached to an aromatic ring is 1. The van der Waals surface area contributed by atoms with Crippen LogP contribution in [0.15, 0.2) is 30.7 Å². The van der Waals surface area contributed by atoms with Gasteiger partial charge in [0.25, 0.3) is 0 Å². The van der Waals surface area contributed by atoms with Gasteiger partial charge < -0.3 is 10.5 Å². The summed E-state index contributed by atoms with van der Waals surface area (Å²) in [6, 6.07) is 3.78. The van der Waals surface area contributed by atoms with Crippen LogP contribution in [0.25, 0.3) is 5.69 Å². The van der Waals surface area contributed by atoms with Gasteiger partial charge in [-0.25, -0.2) is 4.68 Å². The monoisotopic (exact) mass is 218 g/mol. The quantitative estimate of drug-likeness (QED) is 0.849. The molecular formula is C11H14N4O. The first-order valence-electron chi connectivity index (χ1n) is 5.00. The highest BCUT2D eigenvalue weighted by Crippen LogP contribution is 2.24. The molecule has 0 amide bonds. The van der Waals surface area contributed by atoms with Crippen molar-refractivity contribution in [2.75, 3.05) is 12.8 Å². The summed E-state index contributed by atoms with van der Waals surface area (Å²) in [5.74, 6) is 0. The molecule has 84 valence electrons. The summed E-state index contributed by atoms with van der Waals surface area (Å²) >= 11 is 0. The molecule has 5 nitrogen and oxygen atoms in total. The first kappa shape index (κ1) is 10.6. The Morgan fingerprint density at radius 3 is 2.88 bits per heavy atom. The van der Waals surface area contributed by atoms with E-state index in [2.05, 4.69) is 10.1 Å². The van der Waals surface area contributed by atoms with Crippen molar-refractivity contribution in [2.24, 2.45) is 0 Å². The van der Waals surface area contributed by atoms with Crippen LogP contribution in [0.3, 0.4) is 0 Å². The van der Waals surface area contributed by atoms with Crippen LogP contribution in [-0.2, 0) is 4.74 Å². The van der Waals surface area contributed by atoms with Gasteiger partial charge in [-0.05, 0) is 19.1 Å². The lowest BCUT2D eigenvalue weighted by Crippen LogP contribution is -2.08. The lowest BCUT2D eigenvalue weighted by molar-refractivity contribution is 0.114. The molecule has 0 aliphatic carbocycles. The second-order valence-electron chi connectivity index (χ2n) is 3.49. The minimum atomic E-state index is -0.109. The number of hydrogen-bond donors (Lipinski definition) is 1. The lowest BCUT2D eigenvalue weighted by Gasteiger charge is -2.13. The number of aromatic nitrogens is 3. The standard InChI is InChI=1S/C11H14N4O/c1-8(16-2)11-10(12)7-14-15(11)9-4-3-5-13-6-9/h3-8H,12H2,1-2H3/t8-/m0/s1. The van der Waals surface area contributed by atoms with E-state index in [-0.39, 0.29) is 6.10 Å². The van der Waals surface area contributed by atoms with E-state index < -0.39 is 0 Å². The third-order valence-electron chi connectivity index (χ3n) is 2.47. The Morgan fingerprint density at radius 1 is 1.44 bits per heavy atom. The van der Waals surface area contributed by atoms with Gasteiger partial charge in [-0.2, -0.15) is 5.10 Å². The Hall–Kier alpha value is -1.88. The van der Waals surface area contributed by atoms with E-state index in [1.54, 1.807) is 30.4 Å². The molecule has 2 aromatic heterocycles. The van der Waals surface area contributed by atoms with Crippen LogP contribution in [0.4, 0.5) is 5.69 Å². The molecule has 0 saturated heterocycles. The minimum absolute atomic E-state index is 0.109. The molecule has 2 N–H and O–H groups in total. The number of anilines is 1. The van der Waals surface area contributed by atoms with Gasteiger partial charge in [-0.3, -0.25) is 4.98 Å². The van der Waals surface area contributed by atoms with Crippen molar-refractivity contribution in [1.82, 2.24) is 14.8 Å². The number of nitrogens with zero attached hydrogens (tertiary/aromatic N) is 3. The van der Waals surface area contributed by atoms with Gasteiger partial charge in [0.15, 0.2) is 0 Å². The topological polar surface area (TPSA) is 66.0 Å². The molecule has 5 heteroatoms. The van der Waals surface area contributed by atoms with Gasteiger partial charge in [-0.1, -0.05) is 0 Å². The van der Waals surface area contributed by atoms with E-state index in [0.29, 0.717) is 5.69 Å². The van der Waals surface area contributed by atoms with E-state index >= 15 is 0 Å². The van der Waals surface area contributed by atoms with E-state index in [4.69, 9.17) is 10.5 Å². The van der Waals surface area contributed by atoms with Crippen LogP contribution >= 0.6 is 0 Å². The van der Waals surface area contributed by atoms with Gasteiger partial charge >= 0.3 is 0 Å². The maximum atomic E-state index is 5.87. The molecule has 0 saturated carbocycles. The van der Waals surface area contributed by atoms with E-state index in [1.807, 2.05) is 19.1 Å². The molecule has 0 aromatic carbocycles. The van der Waals surface area contributed by atoms with Crippen molar-refractivity contribution in [1.29, 1.82) is 0 Å². The van der Waals surface area contributed by atoms with Gasteiger partial charge in [0, 0.05) is 13.3 Å². The highest BCUT2D eigenvalue weighted by Gasteiger charge is 2.16. The Labute approximate surface area is 93.9 Å². The van der Waals surface area contributed by atoms with E-state index in [1.165, 1.54) is 0 Å². The fourth-order valence-corrected chi connectivity index (χ4v) is 1.57. The number of methoxy groups -OCH3 is 1. The zero-order valence-corrected chi connectivity index (χ0v) is 9.29. The summed E-state index contributed by atoms with van der Waals surface area (Å²) in [7, 11) is 1.64. The predicted molar refractivity (Wildman–Crippen MR) is 61.2 cm³/mol. The van der Waals surface area contributed by atoms with Gasteiger partial charge in [-0.15, -0.1) is 0 Å². The van der Waals surface area contributed by atoms with Crippen LogP contribution < -0.4 is 5.73 Å². The van der Waals surface area contributed by atoms with Crippen LogP contribution in [0.2, 0.25) is 0 Å². The summed E-state index contributed by atoms with van der Waals surface area (Å²) in [5.41, 5.74) is 8.21. The van der Waals surface area contributed by atoms with Crippen molar-refractivity contribution in [3.8, 4) is 5.69 Å². The Balaban J connectivity index is 2.50. The van der Waals surface area contributed by atoms with E-state index in [0.717, 1.165) is 11.4 Å². The average Bonchev–Trinajstić information content (AvgIpc) is 2.71. The van der Waals surface area contributed by atoms with Crippen LogP contribution in [0.5, 0.6) is 0 Å². The third-order valence-corrected chi connectivity index (χ3v) is 2.47. The molecular weight excluding hydrogens is 204 g/mol. The summed E-state index contributed by atoms with van der Waals surface area (Å²) in [6.45, 7) is 1.93. The van der Waals surface area contributed by atoms with Crippen molar-refractivity contribution >= 4 is 5.69 Å². The maximum Gasteiger partial charge on any atom is 0.0985 e. The molecule has 16 heavy (non-hydrogen) atoms. The number of ether oxygens (including phenoxy) is 1. The molecule has 2 aromatic rings. The molecule has 0 spiro atoms. The highest BCUT2D eigenvalue weighted by atomic mass is 16.5. The smallest absolute Gasteiger partial charge is 0.0985 e. The fraction of sp³-hybridized carbons (Fsp3) is 0.273. The largest absolute Gasteiger partial charge is 0.396 e. The van der Waals surface area contributed by atoms with Crippen LogP contribution in [0, 0.1) is 0 Å². The van der Waals surface area contributed by atoms with Crippen molar-refractivity contribution in [3.63, 3.8) is 0 Å². The fourth-order valence-electron chi connectivity index (χ4n) is 1.57. The maximum absolute atomic E-state index is 5.87. The van der Waals surface area contributed by atoms with Crippen molar-refractivity contribution in [3.05, 3.63) is 36.4 Å². The zero-order chi connectivity index (χ0) is 11.5. The Morgan fingerprint density at radius 2 is 2.25 bits per heavy atom. The lowest BCUT2D eigenvalue weighted by atomic mass is 10.2. The second kappa shape index (κ2) is 4.32. The van der Waals surface area contributed by atoms with Crippen LogP contribution in [0.1, 0.15) is 18.7 Å². The molecule has 0 unspecified atom stereocenters. The van der Waals surface area contributed by atoms with Crippen molar-refractivity contribution in [2.45, 2.75) is 13.0 Å². The highest BCUT2D eigenvalue weighted by molar-refractivity contribution is 5.46. The predicted octanol–water partition coefficient (Wildman–Crippen LogP) is 1.56. The molecule has 0 fully saturated rings. The Kier molecular flexibility index (Phi) is 2.87. The van der Waals surface area contributed by atoms with Gasteiger partial charge in [0.1, 0.15) is 0 Å². The second-order valence-corrected chi connectivity index (χ2v) is 3.49. The molecule has 0 bridgehead atoms. The molecule has 0 aliphatic rings. The molecule has 2 heterocycles. The van der Waals surface area contributed by atoms with Gasteiger partial charge in [0.2, 0.25) is 0 Å². The normalized spacial score (nSPS) is 12.6. The summed E-state index contributed by atoms with van der Waals surface area (Å²) in [4.78, 5) is 4.05. The Bertz CT molecular complexity index is 466. The zero-order valence-electron chi connectivity index (χ0n) is 9.29. The molecule has 0 radical (unpaired) electrons. The number of hydrogen-bond acceptors (Lipinski definition) is 4. The van der Waals surface area contributed by atoms with Crippen molar-refractivity contribution < 1.29 is 4.74 Å². The third kappa shape index (κ3) is 1.77. The number of nitrogens with two attached hydrogens (primary N) is 1. The molecule has 0 aliphatic heterocycles. The minimum Gasteiger partial charge on any atom is -0.396 e. The first-order valence-corrected chi connectivity index (χ1v) is 5.00. The van der Waals surface area contributed by atoms with Gasteiger partial charge in [0.05, 0.1) is 35.6 Å². The van der Waals surface area contributed by atoms with E-state index in [9.17, 15) is 0 Å². The summed E-state index contributed by atoms with van der Waals surface area (Å²) in [6.07, 6.45) is 4.97. The molecule has 1 atom stereocenters. The summed E-state index contributed by atoms with van der Waals surface area (Å²) < 4.78 is 7.02. The number of rotatable bonds is 3.